The Morgan fingerprint density at radius 1 is 1.58 bits per heavy atom. The van der Waals surface area contributed by atoms with Gasteiger partial charge < -0.3 is 5.11 Å². The number of benzene rings is 1. The van der Waals surface area contributed by atoms with Gasteiger partial charge in [0.2, 0.25) is 10.0 Å². The minimum atomic E-state index is -4.03. The van der Waals surface area contributed by atoms with Crippen molar-refractivity contribution in [3.8, 4) is 6.07 Å². The number of nitrogens with zero attached hydrogens (tertiary/aromatic N) is 1. The van der Waals surface area contributed by atoms with E-state index in [1.54, 1.807) is 6.07 Å². The summed E-state index contributed by atoms with van der Waals surface area (Å²) in [4.78, 5) is 10.6. The second kappa shape index (κ2) is 5.67. The molecule has 0 heterocycles. The quantitative estimate of drug-likeness (QED) is 0.854. The van der Waals surface area contributed by atoms with Crippen molar-refractivity contribution in [2.24, 2.45) is 0 Å². The van der Waals surface area contributed by atoms with E-state index in [1.807, 2.05) is 4.72 Å². The molecular formula is C11H11FN2O4S. The number of hydrogen-bond acceptors (Lipinski definition) is 4. The summed E-state index contributed by atoms with van der Waals surface area (Å²) < 4.78 is 38.9. The van der Waals surface area contributed by atoms with Gasteiger partial charge in [-0.25, -0.2) is 17.6 Å². The van der Waals surface area contributed by atoms with Gasteiger partial charge in [-0.15, -0.1) is 0 Å². The van der Waals surface area contributed by atoms with Crippen molar-refractivity contribution in [1.82, 2.24) is 0 Å². The van der Waals surface area contributed by atoms with Crippen LogP contribution in [0.5, 0.6) is 0 Å². The third kappa shape index (κ3) is 3.42. The van der Waals surface area contributed by atoms with Crippen LogP contribution in [-0.2, 0) is 10.0 Å². The highest BCUT2D eigenvalue weighted by Crippen LogP contribution is 2.19. The summed E-state index contributed by atoms with van der Waals surface area (Å²) in [6, 6.07) is 4.36. The minimum absolute atomic E-state index is 0.0562. The molecule has 0 amide bonds. The van der Waals surface area contributed by atoms with E-state index in [-0.39, 0.29) is 12.0 Å². The number of nitriles is 1. The zero-order chi connectivity index (χ0) is 14.6. The molecule has 6 nitrogen and oxygen atoms in total. The molecule has 0 aliphatic carbocycles. The first-order valence-corrected chi connectivity index (χ1v) is 6.80. The number of hydrogen-bond donors (Lipinski definition) is 2. The van der Waals surface area contributed by atoms with Crippen LogP contribution < -0.4 is 4.72 Å². The highest BCUT2D eigenvalue weighted by atomic mass is 32.2. The molecule has 8 heteroatoms. The van der Waals surface area contributed by atoms with Crippen molar-refractivity contribution in [1.29, 1.82) is 5.26 Å². The number of carboxylic acids is 1. The second-order valence-corrected chi connectivity index (χ2v) is 5.54. The summed E-state index contributed by atoms with van der Waals surface area (Å²) >= 11 is 0. The Bertz CT molecular complexity index is 637. The van der Waals surface area contributed by atoms with Crippen molar-refractivity contribution >= 4 is 21.7 Å². The summed E-state index contributed by atoms with van der Waals surface area (Å²) in [6.07, 6.45) is 0.0562. The maximum Gasteiger partial charge on any atom is 0.335 e. The van der Waals surface area contributed by atoms with Gasteiger partial charge in [-0.05, 0) is 24.6 Å². The summed E-state index contributed by atoms with van der Waals surface area (Å²) in [7, 11) is -4.03. The lowest BCUT2D eigenvalue weighted by molar-refractivity contribution is 0.0696. The highest BCUT2D eigenvalue weighted by Gasteiger charge is 2.24. The molecule has 0 aliphatic heterocycles. The highest BCUT2D eigenvalue weighted by molar-refractivity contribution is 7.93. The van der Waals surface area contributed by atoms with Crippen LogP contribution in [0.3, 0.4) is 0 Å². The summed E-state index contributed by atoms with van der Waals surface area (Å²) in [5, 5.41) is 16.0. The zero-order valence-corrected chi connectivity index (χ0v) is 10.7. The fourth-order valence-electron chi connectivity index (χ4n) is 1.34. The molecule has 1 aromatic rings. The number of carbonyl (C=O) groups is 1. The van der Waals surface area contributed by atoms with E-state index in [2.05, 4.69) is 0 Å². The fraction of sp³-hybridized carbons (Fsp3) is 0.273. The van der Waals surface area contributed by atoms with Gasteiger partial charge in [0.05, 0.1) is 17.3 Å². The molecule has 0 saturated carbocycles. The fourth-order valence-corrected chi connectivity index (χ4v) is 2.53. The number of aromatic carboxylic acids is 1. The van der Waals surface area contributed by atoms with Crippen LogP contribution in [0.15, 0.2) is 18.2 Å². The maximum atomic E-state index is 13.5. The normalized spacial score (nSPS) is 12.5. The van der Waals surface area contributed by atoms with E-state index in [0.717, 1.165) is 12.1 Å². The molecular weight excluding hydrogens is 275 g/mol. The van der Waals surface area contributed by atoms with Crippen LogP contribution in [0, 0.1) is 17.1 Å². The van der Waals surface area contributed by atoms with Crippen LogP contribution in [0.2, 0.25) is 0 Å². The second-order valence-electron chi connectivity index (χ2n) is 3.67. The number of sulfonamides is 1. The predicted molar refractivity (Wildman–Crippen MR) is 65.6 cm³/mol. The van der Waals surface area contributed by atoms with Gasteiger partial charge in [-0.2, -0.15) is 5.26 Å². The molecule has 1 unspecified atom stereocenters. The van der Waals surface area contributed by atoms with E-state index in [0.29, 0.717) is 6.07 Å². The molecule has 0 aliphatic rings. The lowest BCUT2D eigenvalue weighted by atomic mass is 10.2. The van der Waals surface area contributed by atoms with Crippen LogP contribution >= 0.6 is 0 Å². The Balaban J connectivity index is 3.08. The monoisotopic (exact) mass is 286 g/mol. The van der Waals surface area contributed by atoms with Crippen LogP contribution in [0.1, 0.15) is 23.7 Å². The zero-order valence-electron chi connectivity index (χ0n) is 9.92. The SMILES string of the molecule is CCC(C#N)S(=O)(=O)Nc1ccc(C(=O)O)cc1F. The van der Waals surface area contributed by atoms with E-state index < -0.39 is 32.7 Å². The number of nitrogens with one attached hydrogen (secondary N) is 1. The Hall–Kier alpha value is -2.14. The molecule has 0 spiro atoms. The molecule has 102 valence electrons. The van der Waals surface area contributed by atoms with Crippen molar-refractivity contribution in [2.75, 3.05) is 4.72 Å². The Labute approximate surface area is 109 Å². The van der Waals surface area contributed by atoms with Crippen LogP contribution in [-0.4, -0.2) is 24.7 Å². The number of halogens is 1. The molecule has 0 bridgehead atoms. The number of rotatable bonds is 5. The maximum absolute atomic E-state index is 13.5. The molecule has 0 aromatic heterocycles. The lowest BCUT2D eigenvalue weighted by Gasteiger charge is -2.12. The van der Waals surface area contributed by atoms with Gasteiger partial charge in [0.25, 0.3) is 0 Å². The molecule has 1 rings (SSSR count). The predicted octanol–water partition coefficient (Wildman–Crippen LogP) is 1.57. The Morgan fingerprint density at radius 2 is 2.21 bits per heavy atom. The van der Waals surface area contributed by atoms with Crippen molar-refractivity contribution in [3.63, 3.8) is 0 Å². The van der Waals surface area contributed by atoms with Gasteiger partial charge in [0.1, 0.15) is 5.82 Å². The molecule has 0 fully saturated rings. The average molecular weight is 286 g/mol. The summed E-state index contributed by atoms with van der Waals surface area (Å²) in [5.41, 5.74) is -0.688. The van der Waals surface area contributed by atoms with Gasteiger partial charge in [-0.1, -0.05) is 6.92 Å². The Morgan fingerprint density at radius 3 is 2.63 bits per heavy atom. The first kappa shape index (κ1) is 14.9. The van der Waals surface area contributed by atoms with E-state index >= 15 is 0 Å². The average Bonchev–Trinajstić information content (AvgIpc) is 2.32. The van der Waals surface area contributed by atoms with Crippen LogP contribution in [0.25, 0.3) is 0 Å². The van der Waals surface area contributed by atoms with Gasteiger partial charge >= 0.3 is 5.97 Å². The topological polar surface area (TPSA) is 107 Å². The first-order valence-electron chi connectivity index (χ1n) is 5.26. The molecule has 0 saturated heterocycles. The molecule has 1 aromatic carbocycles. The number of anilines is 1. The van der Waals surface area contributed by atoms with E-state index in [1.165, 1.54) is 6.92 Å². The third-order valence-corrected chi connectivity index (χ3v) is 4.05. The van der Waals surface area contributed by atoms with Gasteiger partial charge in [0, 0.05) is 0 Å². The van der Waals surface area contributed by atoms with Crippen molar-refractivity contribution in [3.05, 3.63) is 29.6 Å². The molecule has 19 heavy (non-hydrogen) atoms. The van der Waals surface area contributed by atoms with Gasteiger partial charge in [0.15, 0.2) is 5.25 Å². The molecule has 2 N–H and O–H groups in total. The molecule has 1 atom stereocenters. The number of carboxylic acid groups (broad SMARTS) is 1. The lowest BCUT2D eigenvalue weighted by Crippen LogP contribution is -2.26. The first-order chi connectivity index (χ1) is 8.81. The minimum Gasteiger partial charge on any atom is -0.478 e. The Kier molecular flexibility index (Phi) is 4.45. The third-order valence-electron chi connectivity index (χ3n) is 2.36. The van der Waals surface area contributed by atoms with Crippen molar-refractivity contribution < 1.29 is 22.7 Å². The smallest absolute Gasteiger partial charge is 0.335 e. The van der Waals surface area contributed by atoms with Crippen molar-refractivity contribution in [2.45, 2.75) is 18.6 Å². The van der Waals surface area contributed by atoms with E-state index in [9.17, 15) is 17.6 Å². The summed E-state index contributed by atoms with van der Waals surface area (Å²) in [6.45, 7) is 1.51. The standard InChI is InChI=1S/C11H11FN2O4S/c1-2-8(6-13)19(17,18)14-10-4-3-7(11(15)16)5-9(10)12/h3-5,8,14H,2H2,1H3,(H,15,16). The largest absolute Gasteiger partial charge is 0.478 e. The van der Waals surface area contributed by atoms with Crippen LogP contribution in [0.4, 0.5) is 10.1 Å². The summed E-state index contributed by atoms with van der Waals surface area (Å²) in [5.74, 6) is -2.34. The molecule has 0 radical (unpaired) electrons. The van der Waals surface area contributed by atoms with Gasteiger partial charge in [-0.3, -0.25) is 4.72 Å². The van der Waals surface area contributed by atoms with E-state index in [4.69, 9.17) is 10.4 Å².